The van der Waals surface area contributed by atoms with E-state index < -0.39 is 11.8 Å². The number of hydrogen-bond acceptors (Lipinski definition) is 5. The lowest BCUT2D eigenvalue weighted by atomic mass is 10.2. The van der Waals surface area contributed by atoms with Gasteiger partial charge in [0.15, 0.2) is 0 Å². The summed E-state index contributed by atoms with van der Waals surface area (Å²) in [7, 11) is 0. The van der Waals surface area contributed by atoms with Gasteiger partial charge in [0.25, 0.3) is 0 Å². The van der Waals surface area contributed by atoms with Crippen LogP contribution in [0.15, 0.2) is 23.3 Å². The Balaban J connectivity index is 1.67. The lowest BCUT2D eigenvalue weighted by Crippen LogP contribution is -2.40. The number of hydrogen-bond donors (Lipinski definition) is 2. The van der Waals surface area contributed by atoms with Crippen molar-refractivity contribution in [1.82, 2.24) is 15.6 Å². The first-order chi connectivity index (χ1) is 12.1. The lowest BCUT2D eigenvalue weighted by molar-refractivity contribution is -0.139. The zero-order chi connectivity index (χ0) is 18.1. The zero-order valence-electron chi connectivity index (χ0n) is 13.6. The standard InChI is InChI=1S/C16H20Cl2N4O3/c17-13-3-1-4-14(18)12(13)11-20-21-16(24)15(23)19-5-2-6-22-7-9-25-10-8-22/h1,3-4,11H,2,5-10H2,(H,19,23)(H,21,24)/b20-11+. The number of nitrogens with one attached hydrogen (secondary N) is 2. The molecule has 25 heavy (non-hydrogen) atoms. The van der Waals surface area contributed by atoms with E-state index in [9.17, 15) is 9.59 Å². The molecule has 0 unspecified atom stereocenters. The molecule has 7 nitrogen and oxygen atoms in total. The minimum atomic E-state index is -0.842. The summed E-state index contributed by atoms with van der Waals surface area (Å²) in [6, 6.07) is 5.00. The van der Waals surface area contributed by atoms with Gasteiger partial charge in [-0.2, -0.15) is 5.10 Å². The van der Waals surface area contributed by atoms with Gasteiger partial charge in [-0.05, 0) is 25.1 Å². The van der Waals surface area contributed by atoms with Crippen LogP contribution in [0.2, 0.25) is 10.0 Å². The Kier molecular flexibility index (Phi) is 8.14. The Morgan fingerprint density at radius 1 is 1.20 bits per heavy atom. The normalized spacial score (nSPS) is 15.3. The molecule has 1 fully saturated rings. The molecule has 2 amide bonds. The molecule has 0 atom stereocenters. The Morgan fingerprint density at radius 3 is 2.56 bits per heavy atom. The van der Waals surface area contributed by atoms with Crippen LogP contribution in [0.1, 0.15) is 12.0 Å². The highest BCUT2D eigenvalue weighted by Gasteiger charge is 2.13. The van der Waals surface area contributed by atoms with Crippen LogP contribution in [0.4, 0.5) is 0 Å². The number of amides is 2. The highest BCUT2D eigenvalue weighted by molar-refractivity contribution is 6.38. The topological polar surface area (TPSA) is 83.0 Å². The van der Waals surface area contributed by atoms with Gasteiger partial charge in [-0.25, -0.2) is 5.43 Å². The third kappa shape index (κ3) is 6.62. The molecular weight excluding hydrogens is 367 g/mol. The van der Waals surface area contributed by atoms with Crippen LogP contribution in [0.5, 0.6) is 0 Å². The lowest BCUT2D eigenvalue weighted by Gasteiger charge is -2.26. The van der Waals surface area contributed by atoms with Crippen molar-refractivity contribution in [2.24, 2.45) is 5.10 Å². The van der Waals surface area contributed by atoms with E-state index in [4.69, 9.17) is 27.9 Å². The molecule has 1 aliphatic heterocycles. The maximum atomic E-state index is 11.7. The summed E-state index contributed by atoms with van der Waals surface area (Å²) >= 11 is 12.0. The van der Waals surface area contributed by atoms with Gasteiger partial charge < -0.3 is 10.1 Å². The van der Waals surface area contributed by atoms with Crippen molar-refractivity contribution in [2.75, 3.05) is 39.4 Å². The van der Waals surface area contributed by atoms with Crippen molar-refractivity contribution < 1.29 is 14.3 Å². The van der Waals surface area contributed by atoms with E-state index in [1.54, 1.807) is 18.2 Å². The maximum Gasteiger partial charge on any atom is 0.329 e. The van der Waals surface area contributed by atoms with Crippen molar-refractivity contribution in [3.63, 3.8) is 0 Å². The van der Waals surface area contributed by atoms with Crippen LogP contribution < -0.4 is 10.7 Å². The highest BCUT2D eigenvalue weighted by atomic mass is 35.5. The van der Waals surface area contributed by atoms with Crippen LogP contribution in [-0.2, 0) is 14.3 Å². The molecule has 2 rings (SSSR count). The molecule has 0 radical (unpaired) electrons. The molecule has 1 saturated heterocycles. The Morgan fingerprint density at radius 2 is 1.88 bits per heavy atom. The minimum absolute atomic E-state index is 0.401. The molecule has 1 heterocycles. The third-order valence-electron chi connectivity index (χ3n) is 3.61. The number of hydrazone groups is 1. The van der Waals surface area contributed by atoms with Crippen molar-refractivity contribution in [3.8, 4) is 0 Å². The Labute approximate surface area is 156 Å². The molecule has 0 aliphatic carbocycles. The molecule has 0 bridgehead atoms. The number of benzene rings is 1. The van der Waals surface area contributed by atoms with Crippen LogP contribution in [-0.4, -0.2) is 62.3 Å². The van der Waals surface area contributed by atoms with Crippen LogP contribution in [0, 0.1) is 0 Å². The predicted octanol–water partition coefficient (Wildman–Crippen LogP) is 1.28. The van der Waals surface area contributed by atoms with Crippen molar-refractivity contribution >= 4 is 41.2 Å². The number of carbonyl (C=O) groups excluding carboxylic acids is 2. The van der Waals surface area contributed by atoms with Crippen molar-refractivity contribution in [3.05, 3.63) is 33.8 Å². The van der Waals surface area contributed by atoms with Crippen LogP contribution in [0.25, 0.3) is 0 Å². The number of ether oxygens (including phenoxy) is 1. The van der Waals surface area contributed by atoms with Gasteiger partial charge in [-0.1, -0.05) is 29.3 Å². The summed E-state index contributed by atoms with van der Waals surface area (Å²) in [5.41, 5.74) is 2.62. The van der Waals surface area contributed by atoms with Gasteiger partial charge in [-0.3, -0.25) is 14.5 Å². The molecule has 1 aliphatic rings. The Hall–Kier alpha value is -1.67. The number of rotatable bonds is 6. The first-order valence-corrected chi connectivity index (χ1v) is 8.69. The van der Waals surface area contributed by atoms with Gasteiger partial charge in [0.05, 0.1) is 29.5 Å². The second kappa shape index (κ2) is 10.4. The van der Waals surface area contributed by atoms with Gasteiger partial charge in [0, 0.05) is 25.2 Å². The fourth-order valence-corrected chi connectivity index (χ4v) is 2.74. The van der Waals surface area contributed by atoms with Crippen molar-refractivity contribution in [2.45, 2.75) is 6.42 Å². The average molecular weight is 387 g/mol. The summed E-state index contributed by atoms with van der Waals surface area (Å²) in [6.07, 6.45) is 2.06. The smallest absolute Gasteiger partial charge is 0.329 e. The number of morpholine rings is 1. The second-order valence-electron chi connectivity index (χ2n) is 5.40. The fraction of sp³-hybridized carbons (Fsp3) is 0.438. The third-order valence-corrected chi connectivity index (χ3v) is 4.27. The molecule has 0 saturated carbocycles. The summed E-state index contributed by atoms with van der Waals surface area (Å²) in [5.74, 6) is -1.57. The monoisotopic (exact) mass is 386 g/mol. The summed E-state index contributed by atoms with van der Waals surface area (Å²) < 4.78 is 5.27. The fourth-order valence-electron chi connectivity index (χ4n) is 2.25. The number of halogens is 2. The first kappa shape index (κ1) is 19.7. The molecule has 1 aromatic rings. The Bertz CT molecular complexity index is 614. The van der Waals surface area contributed by atoms with E-state index in [0.717, 1.165) is 39.3 Å². The van der Waals surface area contributed by atoms with E-state index >= 15 is 0 Å². The second-order valence-corrected chi connectivity index (χ2v) is 6.21. The van der Waals surface area contributed by atoms with Crippen LogP contribution in [0.3, 0.4) is 0 Å². The van der Waals surface area contributed by atoms with Crippen molar-refractivity contribution in [1.29, 1.82) is 0 Å². The molecule has 9 heteroatoms. The SMILES string of the molecule is O=C(NCCCN1CCOCC1)C(=O)N/N=C/c1c(Cl)cccc1Cl. The quantitative estimate of drug-likeness (QED) is 0.334. The van der Waals surface area contributed by atoms with Gasteiger partial charge in [0.1, 0.15) is 0 Å². The molecule has 2 N–H and O–H groups in total. The van der Waals surface area contributed by atoms with E-state index in [2.05, 4.69) is 20.7 Å². The van der Waals surface area contributed by atoms with Crippen LogP contribution >= 0.6 is 23.2 Å². The minimum Gasteiger partial charge on any atom is -0.379 e. The molecule has 0 spiro atoms. The zero-order valence-corrected chi connectivity index (χ0v) is 15.1. The number of carbonyl (C=O) groups is 2. The van der Waals surface area contributed by atoms with Gasteiger partial charge >= 0.3 is 11.8 Å². The predicted molar refractivity (Wildman–Crippen MR) is 97.1 cm³/mol. The van der Waals surface area contributed by atoms with E-state index in [-0.39, 0.29) is 0 Å². The maximum absolute atomic E-state index is 11.7. The van der Waals surface area contributed by atoms with Gasteiger partial charge in [-0.15, -0.1) is 0 Å². The molecule has 0 aromatic heterocycles. The number of nitrogens with zero attached hydrogens (tertiary/aromatic N) is 2. The molecular formula is C16H20Cl2N4O3. The van der Waals surface area contributed by atoms with E-state index in [1.165, 1.54) is 6.21 Å². The first-order valence-electron chi connectivity index (χ1n) is 7.93. The largest absolute Gasteiger partial charge is 0.379 e. The summed E-state index contributed by atoms with van der Waals surface area (Å²) in [5, 5.41) is 7.07. The highest BCUT2D eigenvalue weighted by Crippen LogP contribution is 2.21. The van der Waals surface area contributed by atoms with Gasteiger partial charge in [0.2, 0.25) is 0 Å². The molecule has 1 aromatic carbocycles. The molecule has 136 valence electrons. The van der Waals surface area contributed by atoms with E-state index in [1.807, 2.05) is 0 Å². The summed E-state index contributed by atoms with van der Waals surface area (Å²) in [4.78, 5) is 25.6. The van der Waals surface area contributed by atoms with E-state index in [0.29, 0.717) is 22.2 Å². The average Bonchev–Trinajstić information content (AvgIpc) is 2.61. The summed E-state index contributed by atoms with van der Waals surface area (Å²) in [6.45, 7) is 4.55.